The van der Waals surface area contributed by atoms with Crippen molar-refractivity contribution in [2.75, 3.05) is 38.1 Å². The Morgan fingerprint density at radius 3 is 2.50 bits per heavy atom. The zero-order chi connectivity index (χ0) is 22.5. The summed E-state index contributed by atoms with van der Waals surface area (Å²) < 4.78 is 0. The third-order valence-electron chi connectivity index (χ3n) is 5.45. The molecule has 0 spiro atoms. The Hall–Kier alpha value is -3.16. The van der Waals surface area contributed by atoms with E-state index in [0.29, 0.717) is 49.3 Å². The minimum atomic E-state index is -0.171. The predicted octanol–water partition coefficient (Wildman–Crippen LogP) is 3.02. The van der Waals surface area contributed by atoms with Gasteiger partial charge in [0.15, 0.2) is 0 Å². The lowest BCUT2D eigenvalue weighted by atomic mass is 10.2. The fraction of sp³-hybridized carbons (Fsp3) is 0.292. The molecule has 1 aliphatic rings. The number of rotatable bonds is 6. The largest absolute Gasteiger partial charge is 0.339 e. The summed E-state index contributed by atoms with van der Waals surface area (Å²) in [5, 5.41) is 0.547. The number of piperazine rings is 1. The van der Waals surface area contributed by atoms with Crippen LogP contribution in [0.3, 0.4) is 0 Å². The van der Waals surface area contributed by atoms with Crippen molar-refractivity contribution in [1.82, 2.24) is 19.8 Å². The number of aromatic nitrogens is 2. The third-order valence-corrected chi connectivity index (χ3v) is 5.68. The number of hydrogen-bond donors (Lipinski definition) is 1. The minimum Gasteiger partial charge on any atom is -0.339 e. The molecule has 4 rings (SSSR count). The van der Waals surface area contributed by atoms with E-state index < -0.39 is 0 Å². The maximum absolute atomic E-state index is 12.7. The van der Waals surface area contributed by atoms with Crippen molar-refractivity contribution in [1.29, 1.82) is 0 Å². The van der Waals surface area contributed by atoms with Gasteiger partial charge in [0.25, 0.3) is 11.5 Å². The molecular weight excluding hydrogens is 426 g/mol. The molecule has 166 valence electrons. The second-order valence-corrected chi connectivity index (χ2v) is 8.44. The molecule has 7 nitrogen and oxygen atoms in total. The molecule has 8 heteroatoms. The van der Waals surface area contributed by atoms with Crippen LogP contribution in [-0.4, -0.2) is 58.9 Å². The number of carbonyl (C=O) groups excluding carboxylic acids is 1. The smallest absolute Gasteiger partial charge is 0.254 e. The number of nitrogens with zero attached hydrogens (tertiary/aromatic N) is 4. The lowest BCUT2D eigenvalue weighted by Crippen LogP contribution is -2.49. The molecule has 1 saturated heterocycles. The Bertz CT molecular complexity index is 1130. The van der Waals surface area contributed by atoms with Crippen molar-refractivity contribution >= 4 is 23.5 Å². The van der Waals surface area contributed by atoms with E-state index in [9.17, 15) is 9.59 Å². The van der Waals surface area contributed by atoms with E-state index in [1.165, 1.54) is 5.56 Å². The molecule has 0 radical (unpaired) electrons. The van der Waals surface area contributed by atoms with Crippen LogP contribution in [0.4, 0.5) is 5.95 Å². The van der Waals surface area contributed by atoms with Crippen LogP contribution in [-0.2, 0) is 13.1 Å². The summed E-state index contributed by atoms with van der Waals surface area (Å²) in [6.07, 6.45) is 0. The standard InChI is InChI=1S/C24H26ClN5O2/c1-28(16-18-6-3-2-4-7-18)17-21-15-22(31)27-24(26-21)30-12-10-29(11-13-30)23(32)19-8-5-9-20(25)14-19/h2-9,14-15H,10-13,16-17H2,1H3,(H,26,27,31). The number of carbonyl (C=O) groups is 1. The Morgan fingerprint density at radius 2 is 1.78 bits per heavy atom. The normalized spacial score (nSPS) is 14.1. The summed E-state index contributed by atoms with van der Waals surface area (Å²) in [6, 6.07) is 18.7. The first-order chi connectivity index (χ1) is 15.5. The van der Waals surface area contributed by atoms with Gasteiger partial charge in [0.1, 0.15) is 0 Å². The first kappa shape index (κ1) is 22.0. The molecule has 3 aromatic rings. The van der Waals surface area contributed by atoms with Gasteiger partial charge in [-0.3, -0.25) is 19.5 Å². The third kappa shape index (κ3) is 5.55. The van der Waals surface area contributed by atoms with Gasteiger partial charge in [-0.25, -0.2) is 4.98 Å². The molecular formula is C24H26ClN5O2. The summed E-state index contributed by atoms with van der Waals surface area (Å²) in [7, 11) is 2.01. The minimum absolute atomic E-state index is 0.0371. The van der Waals surface area contributed by atoms with Crippen LogP contribution in [0.1, 0.15) is 21.6 Å². The van der Waals surface area contributed by atoms with Crippen molar-refractivity contribution in [2.45, 2.75) is 13.1 Å². The maximum atomic E-state index is 12.7. The van der Waals surface area contributed by atoms with Crippen LogP contribution < -0.4 is 10.5 Å². The van der Waals surface area contributed by atoms with Crippen molar-refractivity contribution in [3.05, 3.63) is 92.9 Å². The Balaban J connectivity index is 1.39. The van der Waals surface area contributed by atoms with Crippen LogP contribution in [0.25, 0.3) is 0 Å². The molecule has 1 amide bonds. The van der Waals surface area contributed by atoms with Gasteiger partial charge in [-0.05, 0) is 30.8 Å². The molecule has 0 aliphatic carbocycles. The van der Waals surface area contributed by atoms with Crippen LogP contribution in [0.15, 0.2) is 65.5 Å². The monoisotopic (exact) mass is 451 g/mol. The first-order valence-electron chi connectivity index (χ1n) is 10.6. The Morgan fingerprint density at radius 1 is 1.03 bits per heavy atom. The van der Waals surface area contributed by atoms with Gasteiger partial charge in [-0.1, -0.05) is 48.0 Å². The lowest BCUT2D eigenvalue weighted by molar-refractivity contribution is 0.0746. The number of anilines is 1. The van der Waals surface area contributed by atoms with Gasteiger partial charge in [-0.15, -0.1) is 0 Å². The summed E-state index contributed by atoms with van der Waals surface area (Å²) in [5.41, 5.74) is 2.34. The molecule has 1 aromatic heterocycles. The number of H-pyrrole nitrogens is 1. The molecule has 0 atom stereocenters. The Kier molecular flexibility index (Phi) is 6.87. The SMILES string of the molecule is CN(Cc1ccccc1)Cc1cc(=O)[nH]c(N2CCN(C(=O)c3cccc(Cl)c3)CC2)n1. The zero-order valence-electron chi connectivity index (χ0n) is 18.0. The highest BCUT2D eigenvalue weighted by Gasteiger charge is 2.23. The van der Waals surface area contributed by atoms with Crippen molar-refractivity contribution < 1.29 is 4.79 Å². The van der Waals surface area contributed by atoms with Gasteiger partial charge in [0, 0.05) is 55.9 Å². The molecule has 2 heterocycles. The molecule has 1 aliphatic heterocycles. The molecule has 1 N–H and O–H groups in total. The van der Waals surface area contributed by atoms with E-state index in [0.717, 1.165) is 12.2 Å². The summed E-state index contributed by atoms with van der Waals surface area (Å²) >= 11 is 6.02. The Labute approximate surface area is 192 Å². The van der Waals surface area contributed by atoms with Crippen molar-refractivity contribution in [3.63, 3.8) is 0 Å². The predicted molar refractivity (Wildman–Crippen MR) is 126 cm³/mol. The maximum Gasteiger partial charge on any atom is 0.254 e. The van der Waals surface area contributed by atoms with Crippen LogP contribution in [0.5, 0.6) is 0 Å². The average Bonchev–Trinajstić information content (AvgIpc) is 2.79. The molecule has 0 saturated carbocycles. The highest BCUT2D eigenvalue weighted by molar-refractivity contribution is 6.30. The molecule has 0 bridgehead atoms. The number of halogens is 1. The van der Waals surface area contributed by atoms with Gasteiger partial charge < -0.3 is 9.80 Å². The van der Waals surface area contributed by atoms with Crippen LogP contribution in [0.2, 0.25) is 5.02 Å². The van der Waals surface area contributed by atoms with Crippen LogP contribution in [0, 0.1) is 0 Å². The van der Waals surface area contributed by atoms with Gasteiger partial charge in [-0.2, -0.15) is 0 Å². The topological polar surface area (TPSA) is 72.5 Å². The molecule has 32 heavy (non-hydrogen) atoms. The average molecular weight is 452 g/mol. The van der Waals surface area contributed by atoms with Gasteiger partial charge in [0.05, 0.1) is 5.69 Å². The van der Waals surface area contributed by atoms with Crippen molar-refractivity contribution in [2.24, 2.45) is 0 Å². The van der Waals surface area contributed by atoms with E-state index in [2.05, 4.69) is 27.0 Å². The zero-order valence-corrected chi connectivity index (χ0v) is 18.8. The summed E-state index contributed by atoms with van der Waals surface area (Å²) in [6.45, 7) is 3.63. The van der Waals surface area contributed by atoms with Crippen molar-refractivity contribution in [3.8, 4) is 0 Å². The lowest BCUT2D eigenvalue weighted by Gasteiger charge is -2.35. The number of hydrogen-bond acceptors (Lipinski definition) is 5. The van der Waals surface area contributed by atoms with E-state index in [4.69, 9.17) is 11.6 Å². The molecule has 0 unspecified atom stereocenters. The summed E-state index contributed by atoms with van der Waals surface area (Å²) in [5.74, 6) is 0.514. The fourth-order valence-electron chi connectivity index (χ4n) is 3.88. The van der Waals surface area contributed by atoms with E-state index in [1.807, 2.05) is 30.1 Å². The van der Waals surface area contributed by atoms with E-state index in [-0.39, 0.29) is 11.5 Å². The second-order valence-electron chi connectivity index (χ2n) is 8.01. The number of benzene rings is 2. The van der Waals surface area contributed by atoms with E-state index in [1.54, 1.807) is 35.2 Å². The summed E-state index contributed by atoms with van der Waals surface area (Å²) in [4.78, 5) is 38.5. The number of aromatic amines is 1. The van der Waals surface area contributed by atoms with Gasteiger partial charge in [0.2, 0.25) is 5.95 Å². The quantitative estimate of drug-likeness (QED) is 0.623. The fourth-order valence-corrected chi connectivity index (χ4v) is 4.07. The first-order valence-corrected chi connectivity index (χ1v) is 11.0. The van der Waals surface area contributed by atoms with Gasteiger partial charge >= 0.3 is 0 Å². The molecule has 2 aromatic carbocycles. The highest BCUT2D eigenvalue weighted by Crippen LogP contribution is 2.16. The number of amides is 1. The number of nitrogens with one attached hydrogen (secondary N) is 1. The molecule has 1 fully saturated rings. The second kappa shape index (κ2) is 9.97. The highest BCUT2D eigenvalue weighted by atomic mass is 35.5. The van der Waals surface area contributed by atoms with E-state index >= 15 is 0 Å². The van der Waals surface area contributed by atoms with Crippen LogP contribution >= 0.6 is 11.6 Å².